The quantitative estimate of drug-likeness (QED) is 0.683. The summed E-state index contributed by atoms with van der Waals surface area (Å²) in [5.41, 5.74) is 3.80. The van der Waals surface area contributed by atoms with Crippen molar-refractivity contribution in [3.05, 3.63) is 64.2 Å². The fourth-order valence-corrected chi connectivity index (χ4v) is 5.25. The van der Waals surface area contributed by atoms with Crippen molar-refractivity contribution < 1.29 is 14.3 Å². The number of aryl methyl sites for hydroxylation is 1. The molecule has 2 aliphatic rings. The Kier molecular flexibility index (Phi) is 6.10. The second-order valence-corrected chi connectivity index (χ2v) is 8.43. The fraction of sp³-hybridized carbons (Fsp3) is 0.333. The number of thioether (sulfide) groups is 1. The number of carbonyl (C=O) groups is 1. The number of anilines is 1. The van der Waals surface area contributed by atoms with Gasteiger partial charge in [-0.15, -0.1) is 0 Å². The van der Waals surface area contributed by atoms with E-state index in [0.717, 1.165) is 16.3 Å². The van der Waals surface area contributed by atoms with Crippen LogP contribution >= 0.6 is 11.8 Å². The van der Waals surface area contributed by atoms with Crippen LogP contribution in [0.4, 0.5) is 5.69 Å². The van der Waals surface area contributed by atoms with Crippen molar-refractivity contribution in [1.82, 2.24) is 4.90 Å². The second-order valence-electron chi connectivity index (χ2n) is 7.49. The highest BCUT2D eigenvalue weighted by atomic mass is 32.2. The van der Waals surface area contributed by atoms with Gasteiger partial charge in [-0.3, -0.25) is 9.69 Å². The van der Waals surface area contributed by atoms with Crippen molar-refractivity contribution >= 4 is 23.4 Å². The molecule has 0 aliphatic carbocycles. The lowest BCUT2D eigenvalue weighted by Crippen LogP contribution is -2.47. The number of para-hydroxylation sites is 1. The zero-order chi connectivity index (χ0) is 22.0. The molecule has 160 valence electrons. The highest BCUT2D eigenvalue weighted by Crippen LogP contribution is 2.44. The van der Waals surface area contributed by atoms with Gasteiger partial charge < -0.3 is 14.4 Å². The molecule has 0 radical (unpaired) electrons. The van der Waals surface area contributed by atoms with Crippen LogP contribution in [0.5, 0.6) is 11.5 Å². The molecule has 0 spiro atoms. The number of amides is 1. The topological polar surface area (TPSA) is 65.8 Å². The molecule has 2 aromatic carbocycles. The third kappa shape index (κ3) is 3.96. The van der Waals surface area contributed by atoms with Crippen LogP contribution in [0.1, 0.15) is 30.4 Å². The predicted molar refractivity (Wildman–Crippen MR) is 122 cm³/mol. The van der Waals surface area contributed by atoms with Crippen LogP contribution < -0.4 is 14.4 Å². The van der Waals surface area contributed by atoms with Gasteiger partial charge in [0.05, 0.1) is 42.9 Å². The maximum atomic E-state index is 13.1. The number of hydrogen-bond acceptors (Lipinski definition) is 6. The molecule has 1 fully saturated rings. The molecular weight excluding hydrogens is 410 g/mol. The number of ether oxygens (including phenoxy) is 2. The van der Waals surface area contributed by atoms with Crippen molar-refractivity contribution in [3.8, 4) is 17.6 Å². The Morgan fingerprint density at radius 2 is 2.03 bits per heavy atom. The van der Waals surface area contributed by atoms with Gasteiger partial charge in [0.15, 0.2) is 11.5 Å². The zero-order valence-electron chi connectivity index (χ0n) is 17.9. The maximum Gasteiger partial charge on any atom is 0.229 e. The van der Waals surface area contributed by atoms with Crippen molar-refractivity contribution in [1.29, 1.82) is 5.26 Å². The molecule has 1 saturated heterocycles. The molecule has 0 unspecified atom stereocenters. The number of allylic oxidation sites excluding steroid dienone is 1. The first-order valence-electron chi connectivity index (χ1n) is 10.3. The number of nitriles is 1. The first kappa shape index (κ1) is 21.1. The van der Waals surface area contributed by atoms with Gasteiger partial charge in [0.2, 0.25) is 5.91 Å². The van der Waals surface area contributed by atoms with Gasteiger partial charge in [0.1, 0.15) is 0 Å². The Bertz CT molecular complexity index is 1080. The number of hydrogen-bond donors (Lipinski definition) is 0. The fourth-order valence-electron chi connectivity index (χ4n) is 4.09. The maximum absolute atomic E-state index is 13.1. The molecular formula is C24H25N3O3S. The molecule has 0 N–H and O–H groups in total. The minimum Gasteiger partial charge on any atom is -0.493 e. The smallest absolute Gasteiger partial charge is 0.229 e. The van der Waals surface area contributed by atoms with Crippen molar-refractivity contribution in [2.45, 2.75) is 26.2 Å². The predicted octanol–water partition coefficient (Wildman–Crippen LogP) is 4.62. The van der Waals surface area contributed by atoms with Crippen molar-refractivity contribution in [2.24, 2.45) is 0 Å². The molecule has 1 atom stereocenters. The summed E-state index contributed by atoms with van der Waals surface area (Å²) < 4.78 is 11.1. The normalized spacial score (nSPS) is 18.5. The van der Waals surface area contributed by atoms with E-state index in [1.807, 2.05) is 37.3 Å². The molecule has 31 heavy (non-hydrogen) atoms. The summed E-state index contributed by atoms with van der Waals surface area (Å²) >= 11 is 1.55. The van der Waals surface area contributed by atoms with E-state index in [2.05, 4.69) is 30.0 Å². The summed E-state index contributed by atoms with van der Waals surface area (Å²) in [5, 5.41) is 10.8. The summed E-state index contributed by atoms with van der Waals surface area (Å²) in [6.07, 6.45) is 0.256. The van der Waals surface area contributed by atoms with Crippen LogP contribution in [0, 0.1) is 18.3 Å². The lowest BCUT2D eigenvalue weighted by atomic mass is 9.86. The molecule has 2 aliphatic heterocycles. The lowest BCUT2D eigenvalue weighted by molar-refractivity contribution is -0.129. The number of nitrogens with zero attached hydrogens (tertiary/aromatic N) is 3. The first-order chi connectivity index (χ1) is 15.1. The van der Waals surface area contributed by atoms with E-state index in [4.69, 9.17) is 9.47 Å². The Morgan fingerprint density at radius 3 is 2.74 bits per heavy atom. The monoisotopic (exact) mass is 435 g/mol. The standard InChI is InChI=1S/C24H25N3O3S/c1-4-30-21-10-9-17(11-22(21)29-3)18-12-23(28)27-14-26(15-31-24(27)19(18)13-25)20-8-6-5-7-16(20)2/h5-11,18H,4,12,14-15H2,1-3H3/t18-/m0/s1. The third-order valence-electron chi connectivity index (χ3n) is 5.64. The average molecular weight is 436 g/mol. The summed E-state index contributed by atoms with van der Waals surface area (Å²) in [6.45, 7) is 4.98. The Hall–Kier alpha value is -3.11. The van der Waals surface area contributed by atoms with E-state index in [9.17, 15) is 10.1 Å². The number of benzene rings is 2. The molecule has 0 aromatic heterocycles. The molecule has 2 aromatic rings. The van der Waals surface area contributed by atoms with Gasteiger partial charge in [-0.1, -0.05) is 36.0 Å². The van der Waals surface area contributed by atoms with Crippen LogP contribution in [0.25, 0.3) is 0 Å². The number of methoxy groups -OCH3 is 1. The van der Waals surface area contributed by atoms with Crippen molar-refractivity contribution in [2.75, 3.05) is 31.2 Å². The van der Waals surface area contributed by atoms with Crippen LogP contribution in [-0.4, -0.2) is 37.1 Å². The van der Waals surface area contributed by atoms with Gasteiger partial charge in [0, 0.05) is 18.0 Å². The number of fused-ring (bicyclic) bond motifs is 1. The van der Waals surface area contributed by atoms with E-state index in [1.165, 1.54) is 5.56 Å². The van der Waals surface area contributed by atoms with E-state index in [0.29, 0.717) is 36.2 Å². The highest BCUT2D eigenvalue weighted by Gasteiger charge is 2.38. The van der Waals surface area contributed by atoms with Gasteiger partial charge >= 0.3 is 0 Å². The van der Waals surface area contributed by atoms with E-state index in [1.54, 1.807) is 23.8 Å². The summed E-state index contributed by atoms with van der Waals surface area (Å²) in [7, 11) is 1.59. The minimum absolute atomic E-state index is 0.0256. The molecule has 6 nitrogen and oxygen atoms in total. The van der Waals surface area contributed by atoms with Crippen LogP contribution in [0.3, 0.4) is 0 Å². The largest absolute Gasteiger partial charge is 0.493 e. The first-order valence-corrected chi connectivity index (χ1v) is 11.2. The summed E-state index contributed by atoms with van der Waals surface area (Å²) in [4.78, 5) is 17.1. The highest BCUT2D eigenvalue weighted by molar-refractivity contribution is 8.03. The van der Waals surface area contributed by atoms with E-state index >= 15 is 0 Å². The molecule has 7 heteroatoms. The molecule has 4 rings (SSSR count). The van der Waals surface area contributed by atoms with E-state index in [-0.39, 0.29) is 18.2 Å². The van der Waals surface area contributed by atoms with Crippen LogP contribution in [0.2, 0.25) is 0 Å². The Morgan fingerprint density at radius 1 is 1.23 bits per heavy atom. The van der Waals surface area contributed by atoms with Crippen molar-refractivity contribution in [3.63, 3.8) is 0 Å². The minimum atomic E-state index is -0.286. The summed E-state index contributed by atoms with van der Waals surface area (Å²) in [5.74, 6) is 1.70. The van der Waals surface area contributed by atoms with E-state index < -0.39 is 0 Å². The van der Waals surface area contributed by atoms with Crippen LogP contribution in [-0.2, 0) is 4.79 Å². The molecule has 1 amide bonds. The lowest BCUT2D eigenvalue weighted by Gasteiger charge is -2.42. The van der Waals surface area contributed by atoms with Gasteiger partial charge in [-0.25, -0.2) is 0 Å². The Balaban J connectivity index is 1.67. The molecule has 0 saturated carbocycles. The molecule has 2 heterocycles. The van der Waals surface area contributed by atoms with Gasteiger partial charge in [0.25, 0.3) is 0 Å². The summed E-state index contributed by atoms with van der Waals surface area (Å²) in [6, 6.07) is 16.2. The van der Waals surface area contributed by atoms with Gasteiger partial charge in [-0.2, -0.15) is 5.26 Å². The third-order valence-corrected chi connectivity index (χ3v) is 6.79. The second kappa shape index (κ2) is 8.94. The number of carbonyl (C=O) groups excluding carboxylic acids is 1. The Labute approximate surface area is 187 Å². The average Bonchev–Trinajstić information content (AvgIpc) is 2.79. The van der Waals surface area contributed by atoms with Gasteiger partial charge in [-0.05, 0) is 43.2 Å². The molecule has 0 bridgehead atoms. The number of rotatable bonds is 5. The zero-order valence-corrected chi connectivity index (χ0v) is 18.7. The van der Waals surface area contributed by atoms with Crippen LogP contribution in [0.15, 0.2) is 53.1 Å². The SMILES string of the molecule is CCOc1ccc([C@@H]2CC(=O)N3CN(c4ccccc4C)CSC3=C2C#N)cc1OC.